The lowest BCUT2D eigenvalue weighted by Crippen LogP contribution is -2.44. The molecule has 4 amide bonds. The Balaban J connectivity index is 1.76. The van der Waals surface area contributed by atoms with Crippen LogP contribution in [-0.2, 0) is 21.5 Å². The molecule has 6 heteroatoms. The number of carbonyl (C=O) groups is 3. The Morgan fingerprint density at radius 3 is 2.32 bits per heavy atom. The van der Waals surface area contributed by atoms with Gasteiger partial charge in [-0.2, -0.15) is 0 Å². The topological polar surface area (TPSA) is 78.5 Å². The molecule has 3 rings (SSSR count). The minimum atomic E-state index is -1.11. The average molecular weight is 379 g/mol. The highest BCUT2D eigenvalue weighted by molar-refractivity contribution is 6.10. The van der Waals surface area contributed by atoms with E-state index >= 15 is 0 Å². The van der Waals surface area contributed by atoms with E-state index in [0.717, 1.165) is 16.9 Å². The molecule has 0 aliphatic carbocycles. The van der Waals surface area contributed by atoms with Crippen molar-refractivity contribution in [3.63, 3.8) is 0 Å². The maximum absolute atomic E-state index is 13.2. The molecule has 1 atom stereocenters. The molecule has 0 bridgehead atoms. The Morgan fingerprint density at radius 2 is 1.71 bits per heavy atom. The molecule has 2 aromatic rings. The lowest BCUT2D eigenvalue weighted by Gasteiger charge is -2.26. The van der Waals surface area contributed by atoms with E-state index < -0.39 is 17.5 Å². The SMILES string of the molecule is CCCC1(c2ccccc2)NC(=O)N(CC(=O)Nc2ccc(CC)cc2)C1=O. The minimum Gasteiger partial charge on any atom is -0.325 e. The Kier molecular flexibility index (Phi) is 5.78. The van der Waals surface area contributed by atoms with Gasteiger partial charge in [0, 0.05) is 5.69 Å². The first kappa shape index (κ1) is 19.6. The van der Waals surface area contributed by atoms with Crippen molar-refractivity contribution >= 4 is 23.5 Å². The number of urea groups is 1. The number of nitrogens with one attached hydrogen (secondary N) is 2. The lowest BCUT2D eigenvalue weighted by molar-refractivity contribution is -0.134. The van der Waals surface area contributed by atoms with Gasteiger partial charge in [0.1, 0.15) is 12.1 Å². The minimum absolute atomic E-state index is 0.321. The highest BCUT2D eigenvalue weighted by Gasteiger charge is 2.52. The molecule has 28 heavy (non-hydrogen) atoms. The molecule has 0 spiro atoms. The van der Waals surface area contributed by atoms with Crippen molar-refractivity contribution < 1.29 is 14.4 Å². The Labute approximate surface area is 164 Å². The van der Waals surface area contributed by atoms with Crippen LogP contribution < -0.4 is 10.6 Å². The maximum atomic E-state index is 13.2. The number of aryl methyl sites for hydroxylation is 1. The van der Waals surface area contributed by atoms with E-state index in [9.17, 15) is 14.4 Å². The monoisotopic (exact) mass is 379 g/mol. The van der Waals surface area contributed by atoms with Crippen LogP contribution in [0.15, 0.2) is 54.6 Å². The average Bonchev–Trinajstić information content (AvgIpc) is 2.94. The van der Waals surface area contributed by atoms with Gasteiger partial charge < -0.3 is 10.6 Å². The molecule has 1 unspecified atom stereocenters. The van der Waals surface area contributed by atoms with Crippen LogP contribution in [0.5, 0.6) is 0 Å². The Hall–Kier alpha value is -3.15. The third-order valence-electron chi connectivity index (χ3n) is 5.01. The fraction of sp³-hybridized carbons (Fsp3) is 0.318. The molecule has 146 valence electrons. The van der Waals surface area contributed by atoms with E-state index in [4.69, 9.17) is 0 Å². The zero-order chi connectivity index (χ0) is 20.1. The molecule has 1 saturated heterocycles. The van der Waals surface area contributed by atoms with Crippen LogP contribution in [0.1, 0.15) is 37.8 Å². The third kappa shape index (κ3) is 3.76. The number of anilines is 1. The maximum Gasteiger partial charge on any atom is 0.325 e. The number of hydrogen-bond donors (Lipinski definition) is 2. The number of carbonyl (C=O) groups excluding carboxylic acids is 3. The van der Waals surface area contributed by atoms with Gasteiger partial charge in [-0.1, -0.05) is 62.7 Å². The first-order valence-corrected chi connectivity index (χ1v) is 9.58. The van der Waals surface area contributed by atoms with Gasteiger partial charge in [0.25, 0.3) is 5.91 Å². The number of benzene rings is 2. The van der Waals surface area contributed by atoms with Crippen LogP contribution in [0.25, 0.3) is 0 Å². The van der Waals surface area contributed by atoms with Gasteiger partial charge in [-0.3, -0.25) is 14.5 Å². The van der Waals surface area contributed by atoms with Crippen molar-refractivity contribution in [2.24, 2.45) is 0 Å². The van der Waals surface area contributed by atoms with Gasteiger partial charge in [-0.15, -0.1) is 0 Å². The quantitative estimate of drug-likeness (QED) is 0.724. The number of nitrogens with zero attached hydrogens (tertiary/aromatic N) is 1. The molecule has 2 aromatic carbocycles. The number of hydrogen-bond acceptors (Lipinski definition) is 3. The summed E-state index contributed by atoms with van der Waals surface area (Å²) in [5.74, 6) is -0.796. The first-order chi connectivity index (χ1) is 13.5. The van der Waals surface area contributed by atoms with Crippen LogP contribution in [0.3, 0.4) is 0 Å². The van der Waals surface area contributed by atoms with Crippen molar-refractivity contribution in [3.05, 3.63) is 65.7 Å². The van der Waals surface area contributed by atoms with Crippen molar-refractivity contribution in [2.75, 3.05) is 11.9 Å². The molecule has 1 aliphatic rings. The molecule has 0 aromatic heterocycles. The standard InChI is InChI=1S/C22H25N3O3/c1-3-14-22(17-8-6-5-7-9-17)20(27)25(21(28)24-22)15-19(26)23-18-12-10-16(4-2)11-13-18/h5-13H,3-4,14-15H2,1-2H3,(H,23,26)(H,24,28). The lowest BCUT2D eigenvalue weighted by atomic mass is 9.85. The second-order valence-electron chi connectivity index (χ2n) is 6.94. The predicted molar refractivity (Wildman–Crippen MR) is 108 cm³/mol. The molecule has 1 fully saturated rings. The molecular weight excluding hydrogens is 354 g/mol. The molecule has 0 radical (unpaired) electrons. The molecule has 6 nitrogen and oxygen atoms in total. The van der Waals surface area contributed by atoms with Crippen LogP contribution >= 0.6 is 0 Å². The van der Waals surface area contributed by atoms with Gasteiger partial charge in [-0.25, -0.2) is 4.79 Å². The summed E-state index contributed by atoms with van der Waals surface area (Å²) < 4.78 is 0. The van der Waals surface area contributed by atoms with E-state index in [0.29, 0.717) is 18.5 Å². The smallest absolute Gasteiger partial charge is 0.325 e. The summed E-state index contributed by atoms with van der Waals surface area (Å²) in [6.45, 7) is 3.69. The largest absolute Gasteiger partial charge is 0.325 e. The Bertz CT molecular complexity index is 864. The van der Waals surface area contributed by atoms with E-state index in [1.54, 1.807) is 0 Å². The first-order valence-electron chi connectivity index (χ1n) is 9.58. The normalized spacial score (nSPS) is 18.9. The number of amides is 4. The molecule has 0 saturated carbocycles. The van der Waals surface area contributed by atoms with E-state index in [2.05, 4.69) is 17.6 Å². The molecular formula is C22H25N3O3. The summed E-state index contributed by atoms with van der Waals surface area (Å²) in [5, 5.41) is 5.57. The molecule has 1 heterocycles. The second-order valence-corrected chi connectivity index (χ2v) is 6.94. The van der Waals surface area contributed by atoms with Crippen molar-refractivity contribution in [3.8, 4) is 0 Å². The van der Waals surface area contributed by atoms with Crippen LogP contribution in [-0.4, -0.2) is 29.3 Å². The van der Waals surface area contributed by atoms with E-state index in [1.807, 2.05) is 61.5 Å². The van der Waals surface area contributed by atoms with Crippen molar-refractivity contribution in [1.29, 1.82) is 0 Å². The summed E-state index contributed by atoms with van der Waals surface area (Å²) in [6.07, 6.45) is 2.10. The van der Waals surface area contributed by atoms with Gasteiger partial charge in [0.05, 0.1) is 0 Å². The van der Waals surface area contributed by atoms with Gasteiger partial charge in [0.15, 0.2) is 0 Å². The number of imide groups is 1. The summed E-state index contributed by atoms with van der Waals surface area (Å²) in [7, 11) is 0. The van der Waals surface area contributed by atoms with Crippen LogP contribution in [0.2, 0.25) is 0 Å². The highest BCUT2D eigenvalue weighted by Crippen LogP contribution is 2.33. The molecule has 1 aliphatic heterocycles. The van der Waals surface area contributed by atoms with Gasteiger partial charge in [0.2, 0.25) is 5.91 Å². The summed E-state index contributed by atoms with van der Waals surface area (Å²) in [4.78, 5) is 39.1. The van der Waals surface area contributed by atoms with E-state index in [1.165, 1.54) is 5.56 Å². The van der Waals surface area contributed by atoms with Gasteiger partial charge in [-0.05, 0) is 36.1 Å². The van der Waals surface area contributed by atoms with Gasteiger partial charge >= 0.3 is 6.03 Å². The molecule has 2 N–H and O–H groups in total. The highest BCUT2D eigenvalue weighted by atomic mass is 16.2. The zero-order valence-electron chi connectivity index (χ0n) is 16.2. The summed E-state index contributed by atoms with van der Waals surface area (Å²) in [6, 6.07) is 16.1. The van der Waals surface area contributed by atoms with Crippen LogP contribution in [0.4, 0.5) is 10.5 Å². The number of rotatable bonds is 7. The fourth-order valence-corrected chi connectivity index (χ4v) is 3.54. The Morgan fingerprint density at radius 1 is 1.04 bits per heavy atom. The summed E-state index contributed by atoms with van der Waals surface area (Å²) >= 11 is 0. The van der Waals surface area contributed by atoms with E-state index in [-0.39, 0.29) is 12.5 Å². The second kappa shape index (κ2) is 8.25. The zero-order valence-corrected chi connectivity index (χ0v) is 16.2. The third-order valence-corrected chi connectivity index (χ3v) is 5.01. The predicted octanol–water partition coefficient (Wildman–Crippen LogP) is 3.43. The van der Waals surface area contributed by atoms with Crippen molar-refractivity contribution in [2.45, 2.75) is 38.6 Å². The van der Waals surface area contributed by atoms with Crippen LogP contribution in [0, 0.1) is 0 Å². The summed E-state index contributed by atoms with van der Waals surface area (Å²) in [5.41, 5.74) is 1.42. The fourth-order valence-electron chi connectivity index (χ4n) is 3.54. The van der Waals surface area contributed by atoms with Crippen molar-refractivity contribution in [1.82, 2.24) is 10.2 Å².